The Labute approximate surface area is 204 Å². The highest BCUT2D eigenvalue weighted by atomic mass is 16.4. The van der Waals surface area contributed by atoms with Crippen LogP contribution in [0.25, 0.3) is 33.4 Å². The van der Waals surface area contributed by atoms with Gasteiger partial charge in [-0.05, 0) is 39.4 Å². The predicted molar refractivity (Wildman–Crippen MR) is 131 cm³/mol. The molecule has 4 aromatic rings. The highest BCUT2D eigenvalue weighted by molar-refractivity contribution is 6.17. The molecule has 0 bridgehead atoms. The molecule has 0 saturated carbocycles. The lowest BCUT2D eigenvalue weighted by Crippen LogP contribution is -2.20. The van der Waals surface area contributed by atoms with Crippen molar-refractivity contribution >= 4 is 23.9 Å². The summed E-state index contributed by atoms with van der Waals surface area (Å²) in [6, 6.07) is 24.4. The summed E-state index contributed by atoms with van der Waals surface area (Å²) >= 11 is 0. The van der Waals surface area contributed by atoms with Crippen molar-refractivity contribution in [3.63, 3.8) is 0 Å². The van der Waals surface area contributed by atoms with E-state index < -0.39 is 46.1 Å². The number of hydrogen-bond acceptors (Lipinski definition) is 4. The van der Waals surface area contributed by atoms with Crippen molar-refractivity contribution in [2.75, 3.05) is 0 Å². The summed E-state index contributed by atoms with van der Waals surface area (Å²) in [6.07, 6.45) is 0. The van der Waals surface area contributed by atoms with Gasteiger partial charge in [-0.15, -0.1) is 0 Å². The molecule has 0 radical (unpaired) electrons. The molecule has 0 aliphatic rings. The van der Waals surface area contributed by atoms with Gasteiger partial charge in [-0.1, -0.05) is 78.9 Å². The second kappa shape index (κ2) is 9.55. The van der Waals surface area contributed by atoms with Gasteiger partial charge in [0.25, 0.3) is 0 Å². The molecular formula is C28H18O8. The molecule has 0 fully saturated rings. The number of carbonyl (C=O) groups is 4. The van der Waals surface area contributed by atoms with Gasteiger partial charge in [0.2, 0.25) is 0 Å². The van der Waals surface area contributed by atoms with Crippen molar-refractivity contribution < 1.29 is 39.6 Å². The van der Waals surface area contributed by atoms with Crippen molar-refractivity contribution in [2.45, 2.75) is 0 Å². The third-order valence-electron chi connectivity index (χ3n) is 5.72. The van der Waals surface area contributed by atoms with Gasteiger partial charge in [0.15, 0.2) is 0 Å². The summed E-state index contributed by atoms with van der Waals surface area (Å²) < 4.78 is 0. The molecule has 0 atom stereocenters. The minimum Gasteiger partial charge on any atom is -0.478 e. The molecule has 4 aromatic carbocycles. The fourth-order valence-corrected chi connectivity index (χ4v) is 4.16. The van der Waals surface area contributed by atoms with Crippen LogP contribution in [0.3, 0.4) is 0 Å². The molecule has 4 rings (SSSR count). The normalized spacial score (nSPS) is 10.6. The first kappa shape index (κ1) is 23.9. The zero-order valence-electron chi connectivity index (χ0n) is 18.5. The van der Waals surface area contributed by atoms with Gasteiger partial charge in [-0.2, -0.15) is 0 Å². The fourth-order valence-electron chi connectivity index (χ4n) is 4.16. The third-order valence-corrected chi connectivity index (χ3v) is 5.72. The van der Waals surface area contributed by atoms with E-state index in [4.69, 9.17) is 0 Å². The summed E-state index contributed by atoms with van der Waals surface area (Å²) in [5.74, 6) is -7.11. The first-order valence-electron chi connectivity index (χ1n) is 10.6. The molecular weight excluding hydrogens is 464 g/mol. The molecule has 8 nitrogen and oxygen atoms in total. The summed E-state index contributed by atoms with van der Waals surface area (Å²) in [5, 5.41) is 38.8. The highest BCUT2D eigenvalue weighted by Gasteiger charge is 2.33. The topological polar surface area (TPSA) is 149 Å². The Hall–Kier alpha value is -5.24. The van der Waals surface area contributed by atoms with Crippen molar-refractivity contribution in [1.29, 1.82) is 0 Å². The Kier molecular flexibility index (Phi) is 6.34. The fraction of sp³-hybridized carbons (Fsp3) is 0. The van der Waals surface area contributed by atoms with E-state index in [1.807, 2.05) is 54.6 Å². The summed E-state index contributed by atoms with van der Waals surface area (Å²) in [5.41, 5.74) is -0.697. The lowest BCUT2D eigenvalue weighted by molar-refractivity contribution is 0.0620. The SMILES string of the molecule is O=C(O)c1cc(-c2ccccc2-c2ccc(-c3ccccc3)cc2)c(C(=O)O)c(C(=O)O)c1C(=O)O. The van der Waals surface area contributed by atoms with E-state index in [1.54, 1.807) is 18.2 Å². The lowest BCUT2D eigenvalue weighted by Gasteiger charge is -2.17. The number of hydrogen-bond donors (Lipinski definition) is 4. The van der Waals surface area contributed by atoms with E-state index in [9.17, 15) is 39.6 Å². The number of rotatable bonds is 7. The minimum absolute atomic E-state index is 0.218. The second-order valence-electron chi connectivity index (χ2n) is 7.81. The van der Waals surface area contributed by atoms with Crippen LogP contribution in [0.4, 0.5) is 0 Å². The van der Waals surface area contributed by atoms with Crippen LogP contribution >= 0.6 is 0 Å². The van der Waals surface area contributed by atoms with Crippen LogP contribution in [-0.2, 0) is 0 Å². The summed E-state index contributed by atoms with van der Waals surface area (Å²) in [7, 11) is 0. The molecule has 8 heteroatoms. The molecule has 0 unspecified atom stereocenters. The molecule has 36 heavy (non-hydrogen) atoms. The van der Waals surface area contributed by atoms with Crippen LogP contribution in [0.1, 0.15) is 41.4 Å². The molecule has 0 amide bonds. The standard InChI is InChI=1S/C28H18O8/c29-25(30)21-14-20(22(26(31)32)24(28(35)36)23(21)27(33)34)19-9-5-4-8-18(19)17-12-10-16(11-13-17)15-6-2-1-3-7-15/h1-14H,(H,29,30)(H,31,32)(H,33,34)(H,35,36). The van der Waals surface area contributed by atoms with Gasteiger partial charge in [0.05, 0.1) is 22.3 Å². The largest absolute Gasteiger partial charge is 0.478 e. The summed E-state index contributed by atoms with van der Waals surface area (Å²) in [6.45, 7) is 0. The number of aromatic carboxylic acids is 4. The smallest absolute Gasteiger partial charge is 0.337 e. The number of benzene rings is 4. The maximum absolute atomic E-state index is 12.2. The molecule has 0 aliphatic carbocycles. The van der Waals surface area contributed by atoms with Crippen molar-refractivity contribution in [3.8, 4) is 33.4 Å². The molecule has 4 N–H and O–H groups in total. The van der Waals surface area contributed by atoms with Crippen LogP contribution < -0.4 is 0 Å². The number of carboxylic acid groups (broad SMARTS) is 4. The quantitative estimate of drug-likeness (QED) is 0.270. The number of carboxylic acids is 4. The molecule has 0 aromatic heterocycles. The van der Waals surface area contributed by atoms with E-state index in [0.717, 1.165) is 17.2 Å². The molecule has 0 aliphatic heterocycles. The van der Waals surface area contributed by atoms with Gasteiger partial charge in [0.1, 0.15) is 0 Å². The Morgan fingerprint density at radius 2 is 0.889 bits per heavy atom. The van der Waals surface area contributed by atoms with E-state index >= 15 is 0 Å². The van der Waals surface area contributed by atoms with E-state index in [0.29, 0.717) is 11.1 Å². The van der Waals surface area contributed by atoms with E-state index in [1.165, 1.54) is 6.07 Å². The van der Waals surface area contributed by atoms with Crippen molar-refractivity contribution in [3.05, 3.63) is 107 Å². The zero-order valence-corrected chi connectivity index (χ0v) is 18.5. The molecule has 0 heterocycles. The monoisotopic (exact) mass is 482 g/mol. The maximum atomic E-state index is 12.2. The zero-order chi connectivity index (χ0) is 26.0. The highest BCUT2D eigenvalue weighted by Crippen LogP contribution is 2.38. The van der Waals surface area contributed by atoms with Crippen LogP contribution in [0.2, 0.25) is 0 Å². The van der Waals surface area contributed by atoms with Crippen LogP contribution in [0, 0.1) is 0 Å². The molecule has 0 saturated heterocycles. The molecule has 178 valence electrons. The Balaban J connectivity index is 2.00. The lowest BCUT2D eigenvalue weighted by atomic mass is 9.85. The Bertz CT molecular complexity index is 1520. The predicted octanol–water partition coefficient (Wildman–Crippen LogP) is 5.48. The summed E-state index contributed by atoms with van der Waals surface area (Å²) in [4.78, 5) is 47.9. The van der Waals surface area contributed by atoms with Crippen molar-refractivity contribution in [2.24, 2.45) is 0 Å². The Morgan fingerprint density at radius 3 is 1.42 bits per heavy atom. The van der Waals surface area contributed by atoms with Gasteiger partial charge in [-0.25, -0.2) is 19.2 Å². The Morgan fingerprint density at radius 1 is 0.417 bits per heavy atom. The maximum Gasteiger partial charge on any atom is 0.337 e. The minimum atomic E-state index is -1.86. The van der Waals surface area contributed by atoms with Crippen LogP contribution in [0.5, 0.6) is 0 Å². The third kappa shape index (κ3) is 4.30. The van der Waals surface area contributed by atoms with Crippen molar-refractivity contribution in [1.82, 2.24) is 0 Å². The van der Waals surface area contributed by atoms with Gasteiger partial charge in [0, 0.05) is 0 Å². The van der Waals surface area contributed by atoms with Crippen LogP contribution in [0.15, 0.2) is 84.9 Å². The first-order valence-corrected chi connectivity index (χ1v) is 10.6. The first-order chi connectivity index (χ1) is 17.2. The van der Waals surface area contributed by atoms with Gasteiger partial charge < -0.3 is 20.4 Å². The van der Waals surface area contributed by atoms with E-state index in [2.05, 4.69) is 0 Å². The van der Waals surface area contributed by atoms with E-state index in [-0.39, 0.29) is 11.1 Å². The van der Waals surface area contributed by atoms with Gasteiger partial charge >= 0.3 is 23.9 Å². The molecule has 0 spiro atoms. The van der Waals surface area contributed by atoms with Gasteiger partial charge in [-0.3, -0.25) is 0 Å². The van der Waals surface area contributed by atoms with Crippen LogP contribution in [-0.4, -0.2) is 44.3 Å². The average molecular weight is 482 g/mol. The average Bonchev–Trinajstić information content (AvgIpc) is 2.87. The second-order valence-corrected chi connectivity index (χ2v) is 7.81.